The number of aliphatic carboxylic acids is 1. The molecule has 0 fully saturated rings. The molecule has 17 heavy (non-hydrogen) atoms. The third kappa shape index (κ3) is 6.11. The molecular weight excluding hydrogens is 226 g/mol. The SMILES string of the molecule is CC(C)[C@H](NC(=O)OC(C)(C)C)[C@H](O)C(=O)O. The molecule has 0 bridgehead atoms. The van der Waals surface area contributed by atoms with Gasteiger partial charge in [-0.05, 0) is 26.7 Å². The summed E-state index contributed by atoms with van der Waals surface area (Å²) < 4.78 is 4.99. The Morgan fingerprint density at radius 3 is 2.00 bits per heavy atom. The van der Waals surface area contributed by atoms with Gasteiger partial charge in [-0.2, -0.15) is 0 Å². The molecule has 1 amide bonds. The van der Waals surface area contributed by atoms with Gasteiger partial charge >= 0.3 is 12.1 Å². The number of hydrogen-bond acceptors (Lipinski definition) is 4. The van der Waals surface area contributed by atoms with E-state index in [0.29, 0.717) is 0 Å². The summed E-state index contributed by atoms with van der Waals surface area (Å²) in [5.41, 5.74) is -0.667. The first kappa shape index (κ1) is 15.7. The first-order valence-corrected chi connectivity index (χ1v) is 5.45. The van der Waals surface area contributed by atoms with Crippen molar-refractivity contribution in [2.24, 2.45) is 5.92 Å². The molecule has 0 heterocycles. The van der Waals surface area contributed by atoms with Gasteiger partial charge in [-0.1, -0.05) is 13.8 Å². The highest BCUT2D eigenvalue weighted by Gasteiger charge is 2.31. The fourth-order valence-corrected chi connectivity index (χ4v) is 1.21. The molecule has 0 radical (unpaired) electrons. The maximum absolute atomic E-state index is 11.5. The minimum Gasteiger partial charge on any atom is -0.479 e. The number of carbonyl (C=O) groups excluding carboxylic acids is 1. The van der Waals surface area contributed by atoms with Crippen LogP contribution in [0.15, 0.2) is 0 Å². The lowest BCUT2D eigenvalue weighted by atomic mass is 9.99. The van der Waals surface area contributed by atoms with E-state index >= 15 is 0 Å². The molecule has 0 aromatic heterocycles. The predicted octanol–water partition coefficient (Wildman–Crippen LogP) is 0.981. The Morgan fingerprint density at radius 1 is 1.24 bits per heavy atom. The summed E-state index contributed by atoms with van der Waals surface area (Å²) in [4.78, 5) is 22.1. The average molecular weight is 247 g/mol. The number of carbonyl (C=O) groups is 2. The largest absolute Gasteiger partial charge is 0.479 e. The second-order valence-corrected chi connectivity index (χ2v) is 5.20. The summed E-state index contributed by atoms with van der Waals surface area (Å²) in [6, 6.07) is -0.887. The fourth-order valence-electron chi connectivity index (χ4n) is 1.21. The zero-order valence-electron chi connectivity index (χ0n) is 10.9. The van der Waals surface area contributed by atoms with Crippen molar-refractivity contribution in [2.45, 2.75) is 52.4 Å². The van der Waals surface area contributed by atoms with Crippen molar-refractivity contribution in [3.8, 4) is 0 Å². The van der Waals surface area contributed by atoms with Gasteiger partial charge in [0.05, 0.1) is 6.04 Å². The maximum Gasteiger partial charge on any atom is 0.407 e. The van der Waals surface area contributed by atoms with Crippen LogP contribution in [0.1, 0.15) is 34.6 Å². The molecule has 0 rings (SSSR count). The smallest absolute Gasteiger partial charge is 0.407 e. The van der Waals surface area contributed by atoms with Crippen molar-refractivity contribution < 1.29 is 24.5 Å². The summed E-state index contributed by atoms with van der Waals surface area (Å²) in [6.07, 6.45) is -2.39. The van der Waals surface area contributed by atoms with E-state index in [0.717, 1.165) is 0 Å². The molecule has 6 heteroatoms. The van der Waals surface area contributed by atoms with E-state index in [-0.39, 0.29) is 5.92 Å². The van der Waals surface area contributed by atoms with Crippen LogP contribution < -0.4 is 5.32 Å². The summed E-state index contributed by atoms with van der Waals surface area (Å²) in [7, 11) is 0. The topological polar surface area (TPSA) is 95.9 Å². The number of nitrogens with one attached hydrogen (secondary N) is 1. The van der Waals surface area contributed by atoms with Crippen LogP contribution in [0, 0.1) is 5.92 Å². The van der Waals surface area contributed by atoms with Crippen LogP contribution >= 0.6 is 0 Å². The summed E-state index contributed by atoms with van der Waals surface area (Å²) in [6.45, 7) is 8.50. The van der Waals surface area contributed by atoms with Crippen molar-refractivity contribution in [2.75, 3.05) is 0 Å². The second kappa shape index (κ2) is 5.86. The summed E-state index contributed by atoms with van der Waals surface area (Å²) in [5, 5.41) is 20.5. The van der Waals surface area contributed by atoms with Crippen LogP contribution in [0.5, 0.6) is 0 Å². The van der Waals surface area contributed by atoms with Crippen molar-refractivity contribution in [1.82, 2.24) is 5.32 Å². The molecule has 0 unspecified atom stereocenters. The number of rotatable bonds is 4. The third-order valence-corrected chi connectivity index (χ3v) is 1.99. The number of carboxylic acid groups (broad SMARTS) is 1. The lowest BCUT2D eigenvalue weighted by molar-refractivity contribution is -0.148. The van der Waals surface area contributed by atoms with Crippen LogP contribution in [0.4, 0.5) is 4.79 Å². The highest BCUT2D eigenvalue weighted by Crippen LogP contribution is 2.11. The number of alkyl carbamates (subject to hydrolysis) is 1. The van der Waals surface area contributed by atoms with Crippen molar-refractivity contribution in [1.29, 1.82) is 0 Å². The van der Waals surface area contributed by atoms with E-state index in [1.165, 1.54) is 0 Å². The van der Waals surface area contributed by atoms with Gasteiger partial charge in [0.2, 0.25) is 0 Å². The number of hydrogen-bond donors (Lipinski definition) is 3. The second-order valence-electron chi connectivity index (χ2n) is 5.20. The molecule has 0 spiro atoms. The Morgan fingerprint density at radius 2 is 1.71 bits per heavy atom. The van der Waals surface area contributed by atoms with Crippen molar-refractivity contribution >= 4 is 12.1 Å². The Kier molecular flexibility index (Phi) is 5.41. The molecule has 0 aliphatic heterocycles. The number of carboxylic acids is 1. The lowest BCUT2D eigenvalue weighted by Gasteiger charge is -2.27. The number of aliphatic hydroxyl groups excluding tert-OH is 1. The van der Waals surface area contributed by atoms with Crippen LogP contribution in [0.2, 0.25) is 0 Å². The van der Waals surface area contributed by atoms with Crippen LogP contribution in [-0.4, -0.2) is 40.0 Å². The quantitative estimate of drug-likeness (QED) is 0.688. The van der Waals surface area contributed by atoms with Gasteiger partial charge in [0.15, 0.2) is 6.10 Å². The van der Waals surface area contributed by atoms with E-state index in [1.807, 2.05) is 0 Å². The van der Waals surface area contributed by atoms with Gasteiger partial charge in [0.25, 0.3) is 0 Å². The maximum atomic E-state index is 11.5. The van der Waals surface area contributed by atoms with Crippen molar-refractivity contribution in [3.63, 3.8) is 0 Å². The monoisotopic (exact) mass is 247 g/mol. The molecule has 0 aliphatic rings. The Bertz CT molecular complexity index is 282. The molecule has 0 aromatic carbocycles. The van der Waals surface area contributed by atoms with E-state index in [2.05, 4.69) is 5.32 Å². The summed E-state index contributed by atoms with van der Waals surface area (Å²) >= 11 is 0. The first-order valence-electron chi connectivity index (χ1n) is 5.45. The molecule has 0 saturated carbocycles. The first-order chi connectivity index (χ1) is 7.54. The fraction of sp³-hybridized carbons (Fsp3) is 0.818. The Hall–Kier alpha value is -1.30. The van der Waals surface area contributed by atoms with Crippen LogP contribution in [0.25, 0.3) is 0 Å². The van der Waals surface area contributed by atoms with Gasteiger partial charge in [-0.3, -0.25) is 0 Å². The number of aliphatic hydroxyl groups is 1. The van der Waals surface area contributed by atoms with E-state index in [9.17, 15) is 14.7 Å². The molecular formula is C11H21NO5. The van der Waals surface area contributed by atoms with Gasteiger partial charge < -0.3 is 20.3 Å². The third-order valence-electron chi connectivity index (χ3n) is 1.99. The van der Waals surface area contributed by atoms with Crippen molar-refractivity contribution in [3.05, 3.63) is 0 Å². The Labute approximate surface area is 101 Å². The standard InChI is InChI=1S/C11H21NO5/c1-6(2)7(8(13)9(14)15)12-10(16)17-11(3,4)5/h6-8,13H,1-5H3,(H,12,16)(H,14,15)/t7-,8-/m0/s1. The molecule has 0 saturated heterocycles. The van der Waals surface area contributed by atoms with Gasteiger partial charge in [-0.25, -0.2) is 9.59 Å². The van der Waals surface area contributed by atoms with Crippen LogP contribution in [0.3, 0.4) is 0 Å². The van der Waals surface area contributed by atoms with Gasteiger partial charge in [0.1, 0.15) is 5.60 Å². The van der Waals surface area contributed by atoms with Gasteiger partial charge in [0, 0.05) is 0 Å². The summed E-state index contributed by atoms with van der Waals surface area (Å²) in [5.74, 6) is -1.60. The Balaban J connectivity index is 4.57. The zero-order valence-corrected chi connectivity index (χ0v) is 10.9. The lowest BCUT2D eigenvalue weighted by Crippen LogP contribution is -2.51. The van der Waals surface area contributed by atoms with E-state index in [4.69, 9.17) is 9.84 Å². The molecule has 2 atom stereocenters. The highest BCUT2D eigenvalue weighted by atomic mass is 16.6. The molecule has 100 valence electrons. The molecule has 0 aromatic rings. The minimum atomic E-state index is -1.65. The number of amides is 1. The van der Waals surface area contributed by atoms with E-state index < -0.39 is 29.8 Å². The predicted molar refractivity (Wildman–Crippen MR) is 61.6 cm³/mol. The highest BCUT2D eigenvalue weighted by molar-refractivity contribution is 5.75. The molecule has 0 aliphatic carbocycles. The average Bonchev–Trinajstić information content (AvgIpc) is 2.09. The molecule has 3 N–H and O–H groups in total. The van der Waals surface area contributed by atoms with E-state index in [1.54, 1.807) is 34.6 Å². The van der Waals surface area contributed by atoms with Crippen LogP contribution in [-0.2, 0) is 9.53 Å². The molecule has 6 nitrogen and oxygen atoms in total. The minimum absolute atomic E-state index is 0.228. The zero-order chi connectivity index (χ0) is 13.8. The number of ether oxygens (including phenoxy) is 1. The van der Waals surface area contributed by atoms with Gasteiger partial charge in [-0.15, -0.1) is 0 Å². The normalized spacial score (nSPS) is 15.2.